The number of rotatable bonds is 5. The summed E-state index contributed by atoms with van der Waals surface area (Å²) in [5.74, 6) is 0.976. The summed E-state index contributed by atoms with van der Waals surface area (Å²) in [5.41, 5.74) is 2.61. The number of ether oxygens (including phenoxy) is 1. The highest BCUT2D eigenvalue weighted by Crippen LogP contribution is 2.29. The Labute approximate surface area is 214 Å². The first-order chi connectivity index (χ1) is 17.9. The predicted octanol–water partition coefficient (Wildman–Crippen LogP) is 6.08. The van der Waals surface area contributed by atoms with Gasteiger partial charge in [-0.3, -0.25) is 9.36 Å². The molecule has 0 fully saturated rings. The summed E-state index contributed by atoms with van der Waals surface area (Å²) in [5, 5.41) is 5.50. The Hall–Kier alpha value is -4.65. The third kappa shape index (κ3) is 4.40. The highest BCUT2D eigenvalue weighted by atomic mass is 16.5. The van der Waals surface area contributed by atoms with Gasteiger partial charge in [0.25, 0.3) is 5.56 Å². The van der Waals surface area contributed by atoms with E-state index >= 15 is 0 Å². The molecule has 0 spiro atoms. The number of nitrogens with one attached hydrogen (secondary N) is 1. The fourth-order valence-electron chi connectivity index (χ4n) is 4.52. The van der Waals surface area contributed by atoms with E-state index in [0.29, 0.717) is 33.9 Å². The molecule has 186 valence electrons. The van der Waals surface area contributed by atoms with Gasteiger partial charge in [0, 0.05) is 12.4 Å². The van der Waals surface area contributed by atoms with Crippen molar-refractivity contribution in [3.8, 4) is 11.4 Å². The lowest BCUT2D eigenvalue weighted by Crippen LogP contribution is -2.37. The van der Waals surface area contributed by atoms with Crippen LogP contribution in [0.25, 0.3) is 27.4 Å². The monoisotopic (exact) mass is 492 g/mol. The van der Waals surface area contributed by atoms with Crippen LogP contribution in [-0.4, -0.2) is 34.6 Å². The molecule has 4 aromatic carbocycles. The molecule has 1 unspecified atom stereocenters. The molecular weight excluding hydrogens is 464 g/mol. The SMILES string of the molecule is COc1ccc(C)cc1-n1c(C(C)N(C)C(=O)Nc2cccc3ccccc23)nc2ccccc2c1=O. The molecule has 0 saturated carbocycles. The maximum atomic E-state index is 13.8. The molecule has 7 nitrogen and oxygen atoms in total. The average molecular weight is 493 g/mol. The van der Waals surface area contributed by atoms with Crippen molar-refractivity contribution < 1.29 is 9.53 Å². The van der Waals surface area contributed by atoms with Gasteiger partial charge < -0.3 is 15.0 Å². The van der Waals surface area contributed by atoms with E-state index < -0.39 is 6.04 Å². The van der Waals surface area contributed by atoms with Crippen molar-refractivity contribution >= 4 is 33.4 Å². The van der Waals surface area contributed by atoms with Gasteiger partial charge in [-0.2, -0.15) is 0 Å². The van der Waals surface area contributed by atoms with Crippen molar-refractivity contribution in [2.75, 3.05) is 19.5 Å². The zero-order chi connectivity index (χ0) is 26.1. The third-order valence-electron chi connectivity index (χ3n) is 6.68. The molecule has 1 N–H and O–H groups in total. The number of fused-ring (bicyclic) bond motifs is 2. The molecular formula is C30H28N4O3. The number of amides is 2. The molecule has 37 heavy (non-hydrogen) atoms. The first-order valence-electron chi connectivity index (χ1n) is 12.1. The number of para-hydroxylation sites is 1. The molecule has 1 aromatic heterocycles. The Morgan fingerprint density at radius 1 is 0.973 bits per heavy atom. The maximum Gasteiger partial charge on any atom is 0.322 e. The minimum Gasteiger partial charge on any atom is -0.495 e. The smallest absolute Gasteiger partial charge is 0.322 e. The lowest BCUT2D eigenvalue weighted by atomic mass is 10.1. The van der Waals surface area contributed by atoms with Gasteiger partial charge in [0.2, 0.25) is 0 Å². The molecule has 0 saturated heterocycles. The van der Waals surface area contributed by atoms with Crippen molar-refractivity contribution in [1.29, 1.82) is 0 Å². The predicted molar refractivity (Wildman–Crippen MR) is 148 cm³/mol. The van der Waals surface area contributed by atoms with Gasteiger partial charge in [0.15, 0.2) is 0 Å². The Morgan fingerprint density at radius 3 is 2.46 bits per heavy atom. The van der Waals surface area contributed by atoms with Crippen LogP contribution >= 0.6 is 0 Å². The largest absolute Gasteiger partial charge is 0.495 e. The lowest BCUT2D eigenvalue weighted by molar-refractivity contribution is 0.205. The summed E-state index contributed by atoms with van der Waals surface area (Å²) in [6.45, 7) is 3.81. The van der Waals surface area contributed by atoms with Gasteiger partial charge in [0.1, 0.15) is 11.6 Å². The van der Waals surface area contributed by atoms with Crippen molar-refractivity contribution in [3.63, 3.8) is 0 Å². The number of aromatic nitrogens is 2. The zero-order valence-electron chi connectivity index (χ0n) is 21.2. The van der Waals surface area contributed by atoms with E-state index in [1.807, 2.05) is 86.6 Å². The lowest BCUT2D eigenvalue weighted by Gasteiger charge is -2.28. The number of carbonyl (C=O) groups is 1. The van der Waals surface area contributed by atoms with E-state index in [2.05, 4.69) is 5.32 Å². The van der Waals surface area contributed by atoms with Crippen molar-refractivity contribution in [1.82, 2.24) is 14.5 Å². The molecule has 0 bridgehead atoms. The third-order valence-corrected chi connectivity index (χ3v) is 6.68. The quantitative estimate of drug-likeness (QED) is 0.323. The molecule has 0 aliphatic heterocycles. The van der Waals surface area contributed by atoms with Gasteiger partial charge in [0.05, 0.1) is 35.4 Å². The highest BCUT2D eigenvalue weighted by molar-refractivity contribution is 6.01. The molecule has 2 amide bonds. The van der Waals surface area contributed by atoms with Crippen LogP contribution in [0.3, 0.4) is 0 Å². The van der Waals surface area contributed by atoms with Gasteiger partial charge in [-0.05, 0) is 55.1 Å². The van der Waals surface area contributed by atoms with Crippen LogP contribution in [-0.2, 0) is 0 Å². The number of methoxy groups -OCH3 is 1. The van der Waals surface area contributed by atoms with Crippen LogP contribution < -0.4 is 15.6 Å². The summed E-state index contributed by atoms with van der Waals surface area (Å²) < 4.78 is 7.16. The first-order valence-corrected chi connectivity index (χ1v) is 12.1. The molecule has 5 rings (SSSR count). The van der Waals surface area contributed by atoms with E-state index in [9.17, 15) is 9.59 Å². The van der Waals surface area contributed by atoms with Crippen LogP contribution in [0.2, 0.25) is 0 Å². The van der Waals surface area contributed by atoms with Crippen LogP contribution in [0.4, 0.5) is 10.5 Å². The standard InChI is InChI=1S/C30H28N4O3/c1-19-16-17-27(37-4)26(18-19)34-28(31-25-14-8-7-13-23(25)29(34)35)20(2)33(3)30(36)32-24-15-9-11-21-10-5-6-12-22(21)24/h5-18,20H,1-4H3,(H,32,36). The molecule has 5 aromatic rings. The summed E-state index contributed by atoms with van der Waals surface area (Å²) in [7, 11) is 3.27. The summed E-state index contributed by atoms with van der Waals surface area (Å²) >= 11 is 0. The van der Waals surface area contributed by atoms with Gasteiger partial charge in [-0.25, -0.2) is 9.78 Å². The van der Waals surface area contributed by atoms with E-state index in [0.717, 1.165) is 16.3 Å². The number of aryl methyl sites for hydroxylation is 1. The molecule has 7 heteroatoms. The van der Waals surface area contributed by atoms with Crippen LogP contribution in [0.5, 0.6) is 5.75 Å². The minimum atomic E-state index is -0.544. The van der Waals surface area contributed by atoms with Crippen molar-refractivity contribution in [2.45, 2.75) is 19.9 Å². The summed E-state index contributed by atoms with van der Waals surface area (Å²) in [4.78, 5) is 33.6. The van der Waals surface area contributed by atoms with Gasteiger partial charge in [-0.15, -0.1) is 0 Å². The Morgan fingerprint density at radius 2 is 1.68 bits per heavy atom. The fraction of sp³-hybridized carbons (Fsp3) is 0.167. The highest BCUT2D eigenvalue weighted by Gasteiger charge is 2.26. The number of urea groups is 1. The Bertz CT molecular complexity index is 1690. The van der Waals surface area contributed by atoms with Crippen molar-refractivity contribution in [2.24, 2.45) is 0 Å². The second-order valence-corrected chi connectivity index (χ2v) is 9.05. The minimum absolute atomic E-state index is 0.223. The van der Waals surface area contributed by atoms with E-state index in [1.54, 1.807) is 35.8 Å². The number of anilines is 1. The van der Waals surface area contributed by atoms with Gasteiger partial charge >= 0.3 is 6.03 Å². The second-order valence-electron chi connectivity index (χ2n) is 9.05. The van der Waals surface area contributed by atoms with E-state index in [4.69, 9.17) is 9.72 Å². The van der Waals surface area contributed by atoms with Crippen molar-refractivity contribution in [3.05, 3.63) is 107 Å². The Kier molecular flexibility index (Phi) is 6.36. The van der Waals surface area contributed by atoms with Crippen LogP contribution in [0.15, 0.2) is 89.7 Å². The Balaban J connectivity index is 1.60. The maximum absolute atomic E-state index is 13.8. The first kappa shape index (κ1) is 24.1. The van der Waals surface area contributed by atoms with E-state index in [1.165, 1.54) is 0 Å². The molecule has 1 atom stereocenters. The average Bonchev–Trinajstić information content (AvgIpc) is 2.92. The number of nitrogens with zero attached hydrogens (tertiary/aromatic N) is 3. The molecule has 0 aliphatic carbocycles. The fourth-order valence-corrected chi connectivity index (χ4v) is 4.52. The zero-order valence-corrected chi connectivity index (χ0v) is 21.2. The van der Waals surface area contributed by atoms with E-state index in [-0.39, 0.29) is 11.6 Å². The van der Waals surface area contributed by atoms with Crippen LogP contribution in [0.1, 0.15) is 24.4 Å². The number of hydrogen-bond acceptors (Lipinski definition) is 4. The second kappa shape index (κ2) is 9.78. The molecule has 0 aliphatic rings. The van der Waals surface area contributed by atoms with Gasteiger partial charge in [-0.1, -0.05) is 54.6 Å². The summed E-state index contributed by atoms with van der Waals surface area (Å²) in [6, 6.07) is 25.7. The molecule has 0 radical (unpaired) electrons. The number of benzene rings is 4. The van der Waals surface area contributed by atoms with Crippen LogP contribution in [0, 0.1) is 6.92 Å². The summed E-state index contributed by atoms with van der Waals surface area (Å²) in [6.07, 6.45) is 0. The molecule has 1 heterocycles. The number of hydrogen-bond donors (Lipinski definition) is 1. The normalized spacial score (nSPS) is 11.9. The topological polar surface area (TPSA) is 76.5 Å². The number of carbonyl (C=O) groups excluding carboxylic acids is 1.